The minimum atomic E-state index is -4.04. The molecule has 0 aromatic heterocycles. The average molecular weight is 301 g/mol. The highest BCUT2D eigenvalue weighted by molar-refractivity contribution is 5.30. The SMILES string of the molecule is COc1cccc([C@@H](C)NC2CCC(C(F)(F)F)CC2)c1. The van der Waals surface area contributed by atoms with Crippen molar-refractivity contribution >= 4 is 0 Å². The largest absolute Gasteiger partial charge is 0.497 e. The van der Waals surface area contributed by atoms with Gasteiger partial charge in [-0.2, -0.15) is 13.2 Å². The molecule has 1 aliphatic rings. The molecule has 0 aliphatic heterocycles. The minimum Gasteiger partial charge on any atom is -0.497 e. The van der Waals surface area contributed by atoms with Gasteiger partial charge >= 0.3 is 6.18 Å². The van der Waals surface area contributed by atoms with E-state index in [0.717, 1.165) is 11.3 Å². The van der Waals surface area contributed by atoms with Gasteiger partial charge in [0.05, 0.1) is 13.0 Å². The lowest BCUT2D eigenvalue weighted by molar-refractivity contribution is -0.182. The Kier molecular flexibility index (Phi) is 5.14. The lowest BCUT2D eigenvalue weighted by Crippen LogP contribution is -2.38. The van der Waals surface area contributed by atoms with Gasteiger partial charge in [-0.15, -0.1) is 0 Å². The summed E-state index contributed by atoms with van der Waals surface area (Å²) in [6.45, 7) is 2.03. The summed E-state index contributed by atoms with van der Waals surface area (Å²) in [5.41, 5.74) is 1.09. The molecule has 0 bridgehead atoms. The standard InChI is InChI=1S/C16H22F3NO/c1-11(12-4-3-5-15(10-12)21-2)20-14-8-6-13(7-9-14)16(17,18)19/h3-5,10-11,13-14,20H,6-9H2,1-2H3/t11-,13?,14?/m1/s1. The number of hydrogen-bond acceptors (Lipinski definition) is 2. The third-order valence-corrected chi connectivity index (χ3v) is 4.27. The van der Waals surface area contributed by atoms with Gasteiger partial charge in [-0.05, 0) is 50.3 Å². The van der Waals surface area contributed by atoms with E-state index in [2.05, 4.69) is 5.32 Å². The summed E-state index contributed by atoms with van der Waals surface area (Å²) < 4.78 is 43.1. The topological polar surface area (TPSA) is 21.3 Å². The molecule has 1 aromatic carbocycles. The van der Waals surface area contributed by atoms with E-state index in [1.165, 1.54) is 0 Å². The Morgan fingerprint density at radius 3 is 2.43 bits per heavy atom. The molecule has 1 aliphatic carbocycles. The summed E-state index contributed by atoms with van der Waals surface area (Å²) in [4.78, 5) is 0. The van der Waals surface area contributed by atoms with Gasteiger partial charge in [-0.25, -0.2) is 0 Å². The van der Waals surface area contributed by atoms with E-state index in [1.54, 1.807) is 7.11 Å². The zero-order chi connectivity index (χ0) is 15.5. The van der Waals surface area contributed by atoms with Crippen LogP contribution in [0.4, 0.5) is 13.2 Å². The minimum absolute atomic E-state index is 0.104. The van der Waals surface area contributed by atoms with Gasteiger partial charge in [-0.1, -0.05) is 12.1 Å². The van der Waals surface area contributed by atoms with Crippen molar-refractivity contribution in [3.8, 4) is 5.75 Å². The van der Waals surface area contributed by atoms with Crippen LogP contribution in [0.1, 0.15) is 44.2 Å². The van der Waals surface area contributed by atoms with Crippen LogP contribution < -0.4 is 10.1 Å². The average Bonchev–Trinajstić information content (AvgIpc) is 2.47. The van der Waals surface area contributed by atoms with Crippen LogP contribution >= 0.6 is 0 Å². The molecule has 1 saturated carbocycles. The Balaban J connectivity index is 1.88. The molecule has 1 N–H and O–H groups in total. The van der Waals surface area contributed by atoms with Crippen LogP contribution in [0.25, 0.3) is 0 Å². The summed E-state index contributed by atoms with van der Waals surface area (Å²) in [6, 6.07) is 8.02. The van der Waals surface area contributed by atoms with Crippen LogP contribution in [0.5, 0.6) is 5.75 Å². The molecule has 5 heteroatoms. The number of halogens is 3. The first-order valence-electron chi connectivity index (χ1n) is 7.37. The van der Waals surface area contributed by atoms with Crippen molar-refractivity contribution in [3.63, 3.8) is 0 Å². The first-order chi connectivity index (χ1) is 9.90. The van der Waals surface area contributed by atoms with Gasteiger partial charge in [0.2, 0.25) is 0 Å². The third kappa shape index (κ3) is 4.37. The number of benzene rings is 1. The van der Waals surface area contributed by atoms with E-state index in [9.17, 15) is 13.2 Å². The van der Waals surface area contributed by atoms with Crippen LogP contribution in [-0.2, 0) is 0 Å². The van der Waals surface area contributed by atoms with Gasteiger partial charge < -0.3 is 10.1 Å². The molecule has 118 valence electrons. The van der Waals surface area contributed by atoms with Gasteiger partial charge in [0, 0.05) is 12.1 Å². The highest BCUT2D eigenvalue weighted by atomic mass is 19.4. The number of hydrogen-bond donors (Lipinski definition) is 1. The first-order valence-corrected chi connectivity index (χ1v) is 7.37. The zero-order valence-electron chi connectivity index (χ0n) is 12.4. The molecule has 0 heterocycles. The Bertz CT molecular complexity index is 453. The monoisotopic (exact) mass is 301 g/mol. The summed E-state index contributed by atoms with van der Waals surface area (Å²) in [6.07, 6.45) is -2.42. The van der Waals surface area contributed by atoms with Crippen molar-refractivity contribution in [1.29, 1.82) is 0 Å². The van der Waals surface area contributed by atoms with E-state index < -0.39 is 12.1 Å². The fraction of sp³-hybridized carbons (Fsp3) is 0.625. The lowest BCUT2D eigenvalue weighted by Gasteiger charge is -2.32. The van der Waals surface area contributed by atoms with Crippen LogP contribution in [0.3, 0.4) is 0 Å². The van der Waals surface area contributed by atoms with Crippen LogP contribution in [0, 0.1) is 5.92 Å². The summed E-state index contributed by atoms with van der Waals surface area (Å²) in [5.74, 6) is -0.329. The van der Waals surface area contributed by atoms with Gasteiger partial charge in [0.1, 0.15) is 5.75 Å². The number of alkyl halides is 3. The summed E-state index contributed by atoms with van der Waals surface area (Å²) in [7, 11) is 1.62. The third-order valence-electron chi connectivity index (χ3n) is 4.27. The fourth-order valence-corrected chi connectivity index (χ4v) is 2.95. The fourth-order valence-electron chi connectivity index (χ4n) is 2.95. The van der Waals surface area contributed by atoms with Crippen molar-refractivity contribution in [3.05, 3.63) is 29.8 Å². The van der Waals surface area contributed by atoms with Crippen molar-refractivity contribution in [2.24, 2.45) is 5.92 Å². The Morgan fingerprint density at radius 1 is 1.19 bits per heavy atom. The second kappa shape index (κ2) is 6.69. The van der Waals surface area contributed by atoms with Crippen molar-refractivity contribution in [2.75, 3.05) is 7.11 Å². The van der Waals surface area contributed by atoms with Gasteiger partial charge in [0.15, 0.2) is 0 Å². The molecule has 1 fully saturated rings. The Hall–Kier alpha value is -1.23. The normalized spacial score (nSPS) is 24.6. The predicted octanol–water partition coefficient (Wildman–Crippen LogP) is 4.47. The molecule has 1 atom stereocenters. The second-order valence-corrected chi connectivity index (χ2v) is 5.76. The van der Waals surface area contributed by atoms with Gasteiger partial charge in [-0.3, -0.25) is 0 Å². The Labute approximate surface area is 123 Å². The second-order valence-electron chi connectivity index (χ2n) is 5.76. The molecule has 0 saturated heterocycles. The maximum Gasteiger partial charge on any atom is 0.391 e. The Morgan fingerprint density at radius 2 is 1.86 bits per heavy atom. The molecule has 2 nitrogen and oxygen atoms in total. The molecule has 0 spiro atoms. The summed E-state index contributed by atoms with van der Waals surface area (Å²) in [5, 5.41) is 3.44. The van der Waals surface area contributed by atoms with E-state index >= 15 is 0 Å². The van der Waals surface area contributed by atoms with Crippen LogP contribution in [-0.4, -0.2) is 19.3 Å². The number of methoxy groups -OCH3 is 1. The van der Waals surface area contributed by atoms with Gasteiger partial charge in [0.25, 0.3) is 0 Å². The van der Waals surface area contributed by atoms with Crippen LogP contribution in [0.15, 0.2) is 24.3 Å². The smallest absolute Gasteiger partial charge is 0.391 e. The number of ether oxygens (including phenoxy) is 1. The van der Waals surface area contributed by atoms with Crippen LogP contribution in [0.2, 0.25) is 0 Å². The van der Waals surface area contributed by atoms with Crippen molar-refractivity contribution in [2.45, 2.75) is 50.9 Å². The zero-order valence-corrected chi connectivity index (χ0v) is 12.4. The number of rotatable bonds is 4. The van der Waals surface area contributed by atoms with Crippen molar-refractivity contribution in [1.82, 2.24) is 5.32 Å². The lowest BCUT2D eigenvalue weighted by atomic mass is 9.85. The molecule has 21 heavy (non-hydrogen) atoms. The molecule has 0 radical (unpaired) electrons. The highest BCUT2D eigenvalue weighted by Gasteiger charge is 2.41. The number of nitrogens with one attached hydrogen (secondary N) is 1. The maximum atomic E-state index is 12.6. The van der Waals surface area contributed by atoms with Crippen molar-refractivity contribution < 1.29 is 17.9 Å². The molecular weight excluding hydrogens is 279 g/mol. The van der Waals surface area contributed by atoms with E-state index in [-0.39, 0.29) is 24.9 Å². The quantitative estimate of drug-likeness (QED) is 0.886. The van der Waals surface area contributed by atoms with E-state index in [1.807, 2.05) is 31.2 Å². The van der Waals surface area contributed by atoms with E-state index in [0.29, 0.717) is 12.8 Å². The highest BCUT2D eigenvalue weighted by Crippen LogP contribution is 2.37. The first kappa shape index (κ1) is 16.1. The molecule has 0 amide bonds. The predicted molar refractivity (Wildman–Crippen MR) is 76.3 cm³/mol. The van der Waals surface area contributed by atoms with E-state index in [4.69, 9.17) is 4.74 Å². The molecule has 0 unspecified atom stereocenters. The molecular formula is C16H22F3NO. The maximum absolute atomic E-state index is 12.6. The molecule has 1 aromatic rings. The summed E-state index contributed by atoms with van der Waals surface area (Å²) >= 11 is 0. The molecule has 2 rings (SSSR count).